The number of aliphatic hydroxyl groups excluding tert-OH is 1. The third-order valence-corrected chi connectivity index (χ3v) is 3.26. The highest BCUT2D eigenvalue weighted by molar-refractivity contribution is 6.33. The minimum Gasteiger partial charge on any atom is -0.387 e. The van der Waals surface area contributed by atoms with Gasteiger partial charge in [-0.3, -0.25) is 0 Å². The SMILES string of the molecule is Nc1nc(Cl)c2ncn(CC(O)c3ccccc3)c2n1. The van der Waals surface area contributed by atoms with E-state index in [0.717, 1.165) is 5.56 Å². The molecule has 0 saturated carbocycles. The molecule has 6 nitrogen and oxygen atoms in total. The van der Waals surface area contributed by atoms with Gasteiger partial charge in [-0.2, -0.15) is 9.97 Å². The summed E-state index contributed by atoms with van der Waals surface area (Å²) in [5, 5.41) is 10.4. The lowest BCUT2D eigenvalue weighted by Gasteiger charge is -2.12. The van der Waals surface area contributed by atoms with Gasteiger partial charge < -0.3 is 15.4 Å². The zero-order chi connectivity index (χ0) is 14.1. The number of aromatic nitrogens is 4. The maximum atomic E-state index is 10.2. The summed E-state index contributed by atoms with van der Waals surface area (Å²) in [7, 11) is 0. The molecule has 2 heterocycles. The molecule has 0 aliphatic heterocycles. The summed E-state index contributed by atoms with van der Waals surface area (Å²) in [6.45, 7) is 0.313. The quantitative estimate of drug-likeness (QED) is 0.718. The van der Waals surface area contributed by atoms with E-state index in [0.29, 0.717) is 17.7 Å². The fourth-order valence-electron chi connectivity index (χ4n) is 2.03. The van der Waals surface area contributed by atoms with Crippen LogP contribution in [-0.4, -0.2) is 24.6 Å². The van der Waals surface area contributed by atoms with Crippen molar-refractivity contribution in [1.82, 2.24) is 19.5 Å². The van der Waals surface area contributed by atoms with Crippen LogP contribution in [0.2, 0.25) is 5.15 Å². The molecule has 102 valence electrons. The molecule has 0 saturated heterocycles. The van der Waals surface area contributed by atoms with E-state index in [9.17, 15) is 5.11 Å². The fraction of sp³-hybridized carbons (Fsp3) is 0.154. The summed E-state index contributed by atoms with van der Waals surface area (Å²) < 4.78 is 1.71. The van der Waals surface area contributed by atoms with E-state index < -0.39 is 6.10 Å². The summed E-state index contributed by atoms with van der Waals surface area (Å²) in [5.41, 5.74) is 7.39. The fourth-order valence-corrected chi connectivity index (χ4v) is 2.25. The Bertz CT molecular complexity index is 743. The number of rotatable bonds is 3. The Labute approximate surface area is 119 Å². The van der Waals surface area contributed by atoms with Gasteiger partial charge in [0.05, 0.1) is 19.0 Å². The Morgan fingerprint density at radius 3 is 2.75 bits per heavy atom. The van der Waals surface area contributed by atoms with E-state index in [2.05, 4.69) is 15.0 Å². The molecule has 0 spiro atoms. The molecule has 3 N–H and O–H groups in total. The van der Waals surface area contributed by atoms with Crippen molar-refractivity contribution in [2.24, 2.45) is 0 Å². The molecule has 1 aromatic carbocycles. The molecule has 7 heteroatoms. The minimum atomic E-state index is -0.663. The number of halogens is 1. The Morgan fingerprint density at radius 2 is 2.00 bits per heavy atom. The molecule has 1 atom stereocenters. The predicted molar refractivity (Wildman–Crippen MR) is 76.1 cm³/mol. The lowest BCUT2D eigenvalue weighted by atomic mass is 10.1. The van der Waals surface area contributed by atoms with E-state index >= 15 is 0 Å². The number of hydrogen-bond donors (Lipinski definition) is 2. The van der Waals surface area contributed by atoms with Crippen molar-refractivity contribution in [3.05, 3.63) is 47.4 Å². The second-order valence-corrected chi connectivity index (χ2v) is 4.73. The summed E-state index contributed by atoms with van der Waals surface area (Å²) >= 11 is 5.96. The first-order valence-electron chi connectivity index (χ1n) is 6.02. The van der Waals surface area contributed by atoms with Crippen molar-refractivity contribution < 1.29 is 5.11 Å². The van der Waals surface area contributed by atoms with Crippen LogP contribution in [0.5, 0.6) is 0 Å². The largest absolute Gasteiger partial charge is 0.387 e. The molecule has 1 unspecified atom stereocenters. The van der Waals surface area contributed by atoms with Gasteiger partial charge >= 0.3 is 0 Å². The van der Waals surface area contributed by atoms with Gasteiger partial charge in [-0.05, 0) is 5.56 Å². The third-order valence-electron chi connectivity index (χ3n) is 2.99. The summed E-state index contributed by atoms with van der Waals surface area (Å²) in [5.74, 6) is 0.0819. The Morgan fingerprint density at radius 1 is 1.25 bits per heavy atom. The van der Waals surface area contributed by atoms with E-state index in [1.165, 1.54) is 0 Å². The Kier molecular flexibility index (Phi) is 3.25. The molecule has 0 radical (unpaired) electrons. The molecule has 0 aliphatic carbocycles. The molecule has 3 rings (SSSR count). The number of aliphatic hydroxyl groups is 1. The van der Waals surface area contributed by atoms with Crippen LogP contribution in [-0.2, 0) is 6.54 Å². The van der Waals surface area contributed by atoms with Crippen LogP contribution in [0.1, 0.15) is 11.7 Å². The number of hydrogen-bond acceptors (Lipinski definition) is 5. The molecular weight excluding hydrogens is 278 g/mol. The van der Waals surface area contributed by atoms with Crippen LogP contribution in [0.3, 0.4) is 0 Å². The maximum absolute atomic E-state index is 10.2. The molecule has 0 aliphatic rings. The predicted octanol–water partition coefficient (Wildman–Crippen LogP) is 1.80. The highest BCUT2D eigenvalue weighted by atomic mass is 35.5. The first-order chi connectivity index (χ1) is 9.65. The number of fused-ring (bicyclic) bond motifs is 1. The standard InChI is InChI=1S/C13H12ClN5O/c14-11-10-12(18-13(15)17-11)19(7-16-10)6-9(20)8-4-2-1-3-5-8/h1-5,7,9,20H,6H2,(H2,15,17,18). The van der Waals surface area contributed by atoms with Crippen LogP contribution in [0, 0.1) is 0 Å². The first-order valence-corrected chi connectivity index (χ1v) is 6.40. The van der Waals surface area contributed by atoms with Gasteiger partial charge in [-0.25, -0.2) is 4.98 Å². The summed E-state index contributed by atoms with van der Waals surface area (Å²) in [6, 6.07) is 9.37. The number of benzene rings is 1. The molecule has 0 amide bonds. The summed E-state index contributed by atoms with van der Waals surface area (Å²) in [6.07, 6.45) is 0.903. The van der Waals surface area contributed by atoms with Gasteiger partial charge in [0, 0.05) is 0 Å². The van der Waals surface area contributed by atoms with Crippen LogP contribution in [0.15, 0.2) is 36.7 Å². The van der Waals surface area contributed by atoms with Gasteiger partial charge in [-0.15, -0.1) is 0 Å². The maximum Gasteiger partial charge on any atom is 0.223 e. The lowest BCUT2D eigenvalue weighted by molar-refractivity contribution is 0.157. The first kappa shape index (κ1) is 12.8. The van der Waals surface area contributed by atoms with Crippen molar-refractivity contribution in [1.29, 1.82) is 0 Å². The van der Waals surface area contributed by atoms with Gasteiger partial charge in [-0.1, -0.05) is 41.9 Å². The smallest absolute Gasteiger partial charge is 0.223 e. The van der Waals surface area contributed by atoms with Crippen molar-refractivity contribution >= 4 is 28.7 Å². The molecule has 20 heavy (non-hydrogen) atoms. The van der Waals surface area contributed by atoms with Crippen LogP contribution in [0.25, 0.3) is 11.2 Å². The Balaban J connectivity index is 1.95. The highest BCUT2D eigenvalue weighted by Crippen LogP contribution is 2.22. The van der Waals surface area contributed by atoms with Gasteiger partial charge in [0.25, 0.3) is 0 Å². The second kappa shape index (κ2) is 5.07. The highest BCUT2D eigenvalue weighted by Gasteiger charge is 2.14. The number of nitrogens with two attached hydrogens (primary N) is 1. The van der Waals surface area contributed by atoms with Crippen LogP contribution in [0.4, 0.5) is 5.95 Å². The zero-order valence-corrected chi connectivity index (χ0v) is 11.2. The monoisotopic (exact) mass is 289 g/mol. The van der Waals surface area contributed by atoms with Crippen molar-refractivity contribution in [3.8, 4) is 0 Å². The number of anilines is 1. The van der Waals surface area contributed by atoms with Crippen molar-refractivity contribution in [3.63, 3.8) is 0 Å². The third kappa shape index (κ3) is 2.31. The molecule has 2 aromatic heterocycles. The average Bonchev–Trinajstić information content (AvgIpc) is 2.83. The minimum absolute atomic E-state index is 0.0819. The van der Waals surface area contributed by atoms with E-state index in [1.54, 1.807) is 10.9 Å². The van der Waals surface area contributed by atoms with Gasteiger partial charge in [0.15, 0.2) is 10.8 Å². The zero-order valence-electron chi connectivity index (χ0n) is 10.4. The number of nitrogen functional groups attached to an aromatic ring is 1. The van der Waals surface area contributed by atoms with Gasteiger partial charge in [0.1, 0.15) is 5.52 Å². The van der Waals surface area contributed by atoms with E-state index in [-0.39, 0.29) is 11.1 Å². The van der Waals surface area contributed by atoms with E-state index in [4.69, 9.17) is 17.3 Å². The molecular formula is C13H12ClN5O. The molecule has 0 fully saturated rings. The molecule has 0 bridgehead atoms. The number of imidazole rings is 1. The van der Waals surface area contributed by atoms with Crippen LogP contribution < -0.4 is 5.73 Å². The summed E-state index contributed by atoms with van der Waals surface area (Å²) in [4.78, 5) is 12.1. The average molecular weight is 290 g/mol. The second-order valence-electron chi connectivity index (χ2n) is 4.37. The van der Waals surface area contributed by atoms with Crippen molar-refractivity contribution in [2.75, 3.05) is 5.73 Å². The van der Waals surface area contributed by atoms with E-state index in [1.807, 2.05) is 30.3 Å². The van der Waals surface area contributed by atoms with Crippen LogP contribution >= 0.6 is 11.6 Å². The topological polar surface area (TPSA) is 89.8 Å². The normalized spacial score (nSPS) is 12.7. The number of nitrogens with zero attached hydrogens (tertiary/aromatic N) is 4. The Hall–Kier alpha value is -2.18. The molecule has 3 aromatic rings. The van der Waals surface area contributed by atoms with Gasteiger partial charge in [0.2, 0.25) is 5.95 Å². The van der Waals surface area contributed by atoms with Crippen molar-refractivity contribution in [2.45, 2.75) is 12.6 Å². The lowest BCUT2D eigenvalue weighted by Crippen LogP contribution is -2.09.